The van der Waals surface area contributed by atoms with Gasteiger partial charge in [-0.25, -0.2) is 39.1 Å². The van der Waals surface area contributed by atoms with Crippen LogP contribution >= 0.6 is 0 Å². The number of aromatic nitrogens is 8. The van der Waals surface area contributed by atoms with Gasteiger partial charge < -0.3 is 92.6 Å². The van der Waals surface area contributed by atoms with E-state index in [-0.39, 0.29) is 97.3 Å². The molecule has 18 heterocycles. The van der Waals surface area contributed by atoms with Crippen molar-refractivity contribution >= 4 is 67.5 Å². The molecule has 672 valence electrons. The maximum Gasteiger partial charge on any atom is 0.343 e. The van der Waals surface area contributed by atoms with Crippen LogP contribution in [0.5, 0.6) is 23.0 Å². The van der Waals surface area contributed by atoms with Crippen molar-refractivity contribution in [2.45, 2.75) is 168 Å². The molecule has 0 radical (unpaired) electrons. The number of nitrogens with zero attached hydrogens (tertiary/aromatic N) is 12. The van der Waals surface area contributed by atoms with Crippen LogP contribution in [0, 0.1) is 0 Å². The van der Waals surface area contributed by atoms with Crippen LogP contribution in [-0.2, 0) is 144 Å². The van der Waals surface area contributed by atoms with Crippen molar-refractivity contribution < 1.29 is 83.7 Å². The number of pyridine rings is 8. The smallest absolute Gasteiger partial charge is 0.343 e. The van der Waals surface area contributed by atoms with E-state index >= 15 is 0 Å². The Morgan fingerprint density at radius 1 is 0.369 bits per heavy atom. The van der Waals surface area contributed by atoms with Gasteiger partial charge >= 0.3 is 23.9 Å². The summed E-state index contributed by atoms with van der Waals surface area (Å²) in [6.07, 6.45) is 2.04. The first kappa shape index (κ1) is 86.4. The number of phenolic OH excluding ortho intramolecular Hbond substituents is 4. The Balaban J connectivity index is 0.000000113. The highest BCUT2D eigenvalue weighted by atomic mass is 16.6. The summed E-state index contributed by atoms with van der Waals surface area (Å²) in [4.78, 5) is 131. The number of cyclic esters (lactones) is 4. The lowest BCUT2D eigenvalue weighted by molar-refractivity contribution is -0.172. The van der Waals surface area contributed by atoms with Crippen molar-refractivity contribution in [2.24, 2.45) is 0 Å². The highest BCUT2D eigenvalue weighted by Gasteiger charge is 2.50. The fourth-order valence-electron chi connectivity index (χ4n) is 19.9. The summed E-state index contributed by atoms with van der Waals surface area (Å²) in [5.74, 6) is -2.03. The fourth-order valence-corrected chi connectivity index (χ4v) is 19.9. The summed E-state index contributed by atoms with van der Waals surface area (Å²) in [6.45, 7) is 18.0. The average molecular weight is 1770 g/mol. The van der Waals surface area contributed by atoms with Crippen molar-refractivity contribution in [3.8, 4) is 68.5 Å². The van der Waals surface area contributed by atoms with E-state index in [4.69, 9.17) is 43.6 Å². The zero-order valence-corrected chi connectivity index (χ0v) is 73.2. The molecule has 33 heteroatoms. The van der Waals surface area contributed by atoms with Gasteiger partial charge in [0.25, 0.3) is 22.2 Å². The Hall–Kier alpha value is -13.0. The van der Waals surface area contributed by atoms with Crippen LogP contribution in [0.2, 0.25) is 0 Å². The number of carbonyl (C=O) groups is 4. The molecule has 0 unspecified atom stereocenters. The number of benzene rings is 4. The van der Waals surface area contributed by atoms with Crippen molar-refractivity contribution in [1.29, 1.82) is 0 Å². The molecule has 2 fully saturated rings. The second-order valence-electron chi connectivity index (χ2n) is 35.4. The molecule has 12 aromatic rings. The molecule has 8 N–H and O–H groups in total. The van der Waals surface area contributed by atoms with Crippen molar-refractivity contribution in [2.75, 3.05) is 73.6 Å². The third kappa shape index (κ3) is 13.9. The number of morpholine rings is 1. The number of aromatic hydroxyl groups is 4. The minimum Gasteiger partial charge on any atom is -0.508 e. The summed E-state index contributed by atoms with van der Waals surface area (Å²) in [5, 5.41) is 89.4. The first-order valence-corrected chi connectivity index (χ1v) is 44.0. The molecule has 8 aromatic heterocycles. The minimum absolute atomic E-state index is 0.101. The molecule has 130 heavy (non-hydrogen) atoms. The summed E-state index contributed by atoms with van der Waals surface area (Å²) < 4.78 is 32.4. The Morgan fingerprint density at radius 2 is 0.646 bits per heavy atom. The molecule has 0 spiro atoms. The molecule has 10 aliphatic heterocycles. The van der Waals surface area contributed by atoms with Gasteiger partial charge in [0.1, 0.15) is 49.4 Å². The number of phenols is 4. The number of piperazine rings is 1. The van der Waals surface area contributed by atoms with Crippen molar-refractivity contribution in [1.82, 2.24) is 57.8 Å². The standard InChI is InChI=1S/C26H28N4O5.C25H25N3O6.C23H23N3O5.C23H22N2O5/c1-3-26(34)19-11-21-23-15(12-30(21)24(32)18(19)14-35-25(26)33)10-16-17(22(31)5-4-20(16)27-23)13-29-8-6-28(2)7-9-29;1-2-25(32)18-10-20-22-14(11-28(20)23(30)17(18)13-34-24(25)31)9-15-16(12-27-5-7-33-8-6-27)21(29)4-3-19(15)26-22;1-4-23(30)16-8-18-20-12(9-26(18)21(28)15(16)11-31-22(23)29)7-13-14(10-25(2)3)19(27)6-5-17(13)24-20;1-3-5-13-14-8-12-10-25-18(20(12)24-17(14)6-7-19(13)26)9-16-15(21(25)27)11-30-22(28)23(16,29)4-2/h4-5,10-11,31,34H,3,6-9,12-14H2,1-2H3;3-4,9-10,29,32H,2,5-8,11-13H2,1H3;5-8,27,30H,4,9-11H2,1-3H3;6-9,26,29H,3-5,10-11H2,1-2H3/t26-;25-;2*23-/m0000/s1. The highest BCUT2D eigenvalue weighted by Crippen LogP contribution is 2.47. The predicted octanol–water partition coefficient (Wildman–Crippen LogP) is 7.73. The van der Waals surface area contributed by atoms with Gasteiger partial charge in [0.2, 0.25) is 0 Å². The molecule has 4 atom stereocenters. The minimum atomic E-state index is -1.85. The van der Waals surface area contributed by atoms with E-state index in [1.807, 2.05) is 43.3 Å². The predicted molar refractivity (Wildman–Crippen MR) is 475 cm³/mol. The first-order valence-electron chi connectivity index (χ1n) is 44.0. The number of aliphatic hydroxyl groups is 4. The van der Waals surface area contributed by atoms with E-state index < -0.39 is 46.3 Å². The van der Waals surface area contributed by atoms with Crippen LogP contribution in [0.15, 0.2) is 116 Å². The third-order valence-electron chi connectivity index (χ3n) is 27.6. The monoisotopic (exact) mass is 1770 g/mol. The quantitative estimate of drug-likeness (QED) is 0.0428. The normalized spacial score (nSPS) is 20.7. The Kier molecular flexibility index (Phi) is 21.7. The van der Waals surface area contributed by atoms with Gasteiger partial charge in [0.05, 0.1) is 129 Å². The third-order valence-corrected chi connectivity index (χ3v) is 27.6. The second-order valence-corrected chi connectivity index (χ2v) is 35.4. The van der Waals surface area contributed by atoms with Crippen LogP contribution in [-0.4, -0.2) is 196 Å². The maximum atomic E-state index is 13.4. The lowest BCUT2D eigenvalue weighted by Gasteiger charge is -2.32. The molecule has 2 saturated heterocycles. The number of hydrogen-bond acceptors (Lipinski definition) is 29. The van der Waals surface area contributed by atoms with Crippen LogP contribution in [0.3, 0.4) is 0 Å². The Labute approximate surface area is 742 Å². The second kappa shape index (κ2) is 32.6. The lowest BCUT2D eigenvalue weighted by atomic mass is 9.86. The number of likely N-dealkylation sites (N-methyl/N-ethyl adjacent to an activating group) is 1. The van der Waals surface area contributed by atoms with Gasteiger partial charge in [0, 0.05) is 147 Å². The van der Waals surface area contributed by atoms with E-state index in [9.17, 15) is 79.2 Å². The van der Waals surface area contributed by atoms with Gasteiger partial charge in [-0.2, -0.15) is 0 Å². The number of esters is 4. The van der Waals surface area contributed by atoms with Gasteiger partial charge in [-0.1, -0.05) is 41.0 Å². The molecule has 4 aromatic carbocycles. The molecular formula is C97H98N12O21. The molecular weight excluding hydrogens is 1670 g/mol. The zero-order valence-electron chi connectivity index (χ0n) is 73.2. The Bertz CT molecular complexity index is 7150. The number of rotatable bonds is 12. The van der Waals surface area contributed by atoms with Crippen LogP contribution in [0.1, 0.15) is 156 Å². The number of ether oxygens (including phenoxy) is 5. The number of hydrogen-bond donors (Lipinski definition) is 8. The van der Waals surface area contributed by atoms with E-state index in [2.05, 4.69) is 28.7 Å². The largest absolute Gasteiger partial charge is 0.508 e. The topological polar surface area (TPSA) is 429 Å². The molecule has 10 aliphatic rings. The number of fused-ring (bicyclic) bond motifs is 20. The SMILES string of the molecule is CCCc1c(O)ccc2nc3c(cc12)Cn1c-3cc2c(c1=O)COC(=O)[C@]2(O)CC.CC[C@@]1(O)C(=O)OCc2c1cc1n(c2=O)Cc2cc3c(CN(C)C)c(O)ccc3nc2-1.CC[C@@]1(O)C(=O)OCc2c1cc1n(c2=O)Cc2cc3c(CN4CCN(C)CC4)c(O)ccc3nc2-1.CC[C@@]1(O)C(=O)OCc2c1cc1n(c2=O)Cc2cc3c(CN4CCOCC4)c(O)ccc3nc2-1. The Morgan fingerprint density at radius 3 is 0.938 bits per heavy atom. The van der Waals surface area contributed by atoms with E-state index in [1.54, 1.807) is 119 Å². The van der Waals surface area contributed by atoms with Crippen molar-refractivity contribution in [3.05, 3.63) is 227 Å². The van der Waals surface area contributed by atoms with E-state index in [1.165, 1.54) is 0 Å². The average Bonchev–Trinajstić information content (AvgIpc) is 1.52. The van der Waals surface area contributed by atoms with Crippen LogP contribution < -0.4 is 22.2 Å². The van der Waals surface area contributed by atoms with Crippen molar-refractivity contribution in [3.63, 3.8) is 0 Å². The molecule has 0 amide bonds. The fraction of sp³-hybridized carbons (Fsp3) is 0.381. The van der Waals surface area contributed by atoms with E-state index in [0.29, 0.717) is 160 Å². The van der Waals surface area contributed by atoms with Gasteiger partial charge in [0.15, 0.2) is 22.4 Å². The summed E-state index contributed by atoms with van der Waals surface area (Å²) in [6, 6.07) is 28.5. The summed E-state index contributed by atoms with van der Waals surface area (Å²) >= 11 is 0. The highest BCUT2D eigenvalue weighted by molar-refractivity contribution is 5.94. The van der Waals surface area contributed by atoms with Gasteiger partial charge in [-0.3, -0.25) is 29.0 Å². The van der Waals surface area contributed by atoms with Gasteiger partial charge in [-0.15, -0.1) is 0 Å². The summed E-state index contributed by atoms with van der Waals surface area (Å²) in [5.41, 5.74) is 8.48. The maximum absolute atomic E-state index is 13.4. The molecule has 0 bridgehead atoms. The van der Waals surface area contributed by atoms with E-state index in [0.717, 1.165) is 129 Å². The van der Waals surface area contributed by atoms with Gasteiger partial charge in [-0.05, 0) is 150 Å². The lowest BCUT2D eigenvalue weighted by Crippen LogP contribution is -2.44. The number of carbonyl (C=O) groups excluding carboxylic acids is 4. The molecule has 22 rings (SSSR count). The first-order chi connectivity index (χ1) is 62.3. The summed E-state index contributed by atoms with van der Waals surface area (Å²) in [7, 11) is 5.97. The molecule has 0 aliphatic carbocycles. The van der Waals surface area contributed by atoms with Crippen LogP contribution in [0.25, 0.3) is 89.2 Å². The molecule has 33 nitrogen and oxygen atoms in total. The van der Waals surface area contributed by atoms with Crippen LogP contribution in [0.4, 0.5) is 0 Å². The molecule has 0 saturated carbocycles. The number of aryl methyl sites for hydroxylation is 1. The zero-order chi connectivity index (χ0) is 91.4.